The van der Waals surface area contributed by atoms with Crippen LogP contribution in [0.15, 0.2) is 36.9 Å². The second-order valence-corrected chi connectivity index (χ2v) is 6.61. The lowest BCUT2D eigenvalue weighted by molar-refractivity contribution is 0.0955. The van der Waals surface area contributed by atoms with Gasteiger partial charge in [-0.3, -0.25) is 9.36 Å². The normalized spacial score (nSPS) is 10.7. The van der Waals surface area contributed by atoms with Crippen LogP contribution in [0, 0.1) is 27.7 Å². The number of aryl methyl sites for hydroxylation is 3. The van der Waals surface area contributed by atoms with Crippen LogP contribution >= 0.6 is 0 Å². The molecule has 0 unspecified atom stereocenters. The zero-order chi connectivity index (χ0) is 19.4. The molecule has 0 atom stereocenters. The Hall–Kier alpha value is -3.22. The minimum atomic E-state index is -0.0727. The van der Waals surface area contributed by atoms with Crippen LogP contribution in [0.2, 0.25) is 0 Å². The van der Waals surface area contributed by atoms with Crippen molar-refractivity contribution in [2.45, 2.75) is 27.7 Å². The Balaban J connectivity index is 1.56. The van der Waals surface area contributed by atoms with Crippen molar-refractivity contribution >= 4 is 11.7 Å². The number of nitrogens with zero attached hydrogens (tertiary/aromatic N) is 4. The highest BCUT2D eigenvalue weighted by Crippen LogP contribution is 2.13. The van der Waals surface area contributed by atoms with E-state index in [9.17, 15) is 4.79 Å². The number of aromatic nitrogens is 4. The molecule has 27 heavy (non-hydrogen) atoms. The van der Waals surface area contributed by atoms with E-state index in [2.05, 4.69) is 31.7 Å². The predicted octanol–water partition coefficient (Wildman–Crippen LogP) is 2.74. The number of anilines is 1. The van der Waals surface area contributed by atoms with E-state index >= 15 is 0 Å². The second kappa shape index (κ2) is 7.99. The number of amides is 1. The van der Waals surface area contributed by atoms with Crippen molar-refractivity contribution in [2.24, 2.45) is 0 Å². The van der Waals surface area contributed by atoms with E-state index in [-0.39, 0.29) is 5.91 Å². The molecule has 7 heteroatoms. The molecule has 1 aromatic carbocycles. The number of rotatable bonds is 6. The molecule has 2 heterocycles. The largest absolute Gasteiger partial charge is 0.368 e. The van der Waals surface area contributed by atoms with Crippen LogP contribution in [0.25, 0.3) is 5.82 Å². The summed E-state index contributed by atoms with van der Waals surface area (Å²) in [6.07, 6.45) is 3.27. The summed E-state index contributed by atoms with van der Waals surface area (Å²) < 4.78 is 1.92. The van der Waals surface area contributed by atoms with Crippen LogP contribution in [0.3, 0.4) is 0 Å². The van der Waals surface area contributed by atoms with Gasteiger partial charge in [-0.1, -0.05) is 17.2 Å². The lowest BCUT2D eigenvalue weighted by Gasteiger charge is -2.10. The van der Waals surface area contributed by atoms with Gasteiger partial charge in [0.1, 0.15) is 24.3 Å². The molecule has 0 spiro atoms. The number of benzene rings is 1. The zero-order valence-electron chi connectivity index (χ0n) is 16.1. The van der Waals surface area contributed by atoms with E-state index < -0.39 is 0 Å². The monoisotopic (exact) mass is 364 g/mol. The van der Waals surface area contributed by atoms with E-state index in [0.717, 1.165) is 28.3 Å². The van der Waals surface area contributed by atoms with Crippen molar-refractivity contribution in [3.63, 3.8) is 0 Å². The Bertz CT molecular complexity index is 943. The first-order chi connectivity index (χ1) is 12.9. The van der Waals surface area contributed by atoms with Crippen LogP contribution in [-0.4, -0.2) is 38.5 Å². The third-order valence-electron chi connectivity index (χ3n) is 4.35. The summed E-state index contributed by atoms with van der Waals surface area (Å²) in [7, 11) is 0. The minimum Gasteiger partial charge on any atom is -0.368 e. The molecule has 3 aromatic rings. The number of hydrogen-bond donors (Lipinski definition) is 2. The topological polar surface area (TPSA) is 84.7 Å². The average Bonchev–Trinajstić information content (AvgIpc) is 2.97. The molecule has 0 saturated heterocycles. The van der Waals surface area contributed by atoms with Gasteiger partial charge in [0.25, 0.3) is 5.91 Å². The minimum absolute atomic E-state index is 0.0727. The first-order valence-corrected chi connectivity index (χ1v) is 8.87. The second-order valence-electron chi connectivity index (χ2n) is 6.61. The van der Waals surface area contributed by atoms with E-state index in [1.54, 1.807) is 6.33 Å². The van der Waals surface area contributed by atoms with Gasteiger partial charge in [-0.15, -0.1) is 0 Å². The standard InChI is InChI=1S/C20H24N6O/c1-13-7-14(2)9-17(8-13)20(27)22-6-5-21-18-10-19(24-11-23-18)26-12-25-15(3)16(26)4/h7-12H,5-6H2,1-4H3,(H,22,27)(H,21,23,24). The van der Waals surface area contributed by atoms with Gasteiger partial charge in [0.2, 0.25) is 0 Å². The van der Waals surface area contributed by atoms with Crippen LogP contribution in [-0.2, 0) is 0 Å². The SMILES string of the molecule is Cc1cc(C)cc(C(=O)NCCNc2cc(-n3cnc(C)c3C)ncn2)c1. The van der Waals surface area contributed by atoms with Crippen LogP contribution in [0.1, 0.15) is 32.9 Å². The number of hydrogen-bond acceptors (Lipinski definition) is 5. The summed E-state index contributed by atoms with van der Waals surface area (Å²) >= 11 is 0. The maximum absolute atomic E-state index is 12.3. The maximum Gasteiger partial charge on any atom is 0.251 e. The van der Waals surface area contributed by atoms with Gasteiger partial charge in [-0.25, -0.2) is 15.0 Å². The molecule has 0 fully saturated rings. The molecule has 0 saturated carbocycles. The van der Waals surface area contributed by atoms with Crippen molar-refractivity contribution in [3.8, 4) is 5.82 Å². The Morgan fingerprint density at radius 2 is 1.70 bits per heavy atom. The Morgan fingerprint density at radius 3 is 2.37 bits per heavy atom. The van der Waals surface area contributed by atoms with Gasteiger partial charge in [0, 0.05) is 30.4 Å². The molecular formula is C20H24N6O. The van der Waals surface area contributed by atoms with Crippen LogP contribution in [0.5, 0.6) is 0 Å². The van der Waals surface area contributed by atoms with Gasteiger partial charge in [-0.2, -0.15) is 0 Å². The number of carbonyl (C=O) groups is 1. The quantitative estimate of drug-likeness (QED) is 0.657. The summed E-state index contributed by atoms with van der Waals surface area (Å²) in [5, 5.41) is 6.13. The Morgan fingerprint density at radius 1 is 0.963 bits per heavy atom. The van der Waals surface area contributed by atoms with Crippen LogP contribution in [0.4, 0.5) is 5.82 Å². The fourth-order valence-electron chi connectivity index (χ4n) is 2.88. The van der Waals surface area contributed by atoms with E-state index in [1.165, 1.54) is 6.33 Å². The summed E-state index contributed by atoms with van der Waals surface area (Å²) in [5.74, 6) is 1.38. The molecule has 1 amide bonds. The van der Waals surface area contributed by atoms with Gasteiger partial charge in [0.15, 0.2) is 0 Å². The third-order valence-corrected chi connectivity index (χ3v) is 4.35. The van der Waals surface area contributed by atoms with Crippen molar-refractivity contribution < 1.29 is 4.79 Å². The first-order valence-electron chi connectivity index (χ1n) is 8.87. The predicted molar refractivity (Wildman–Crippen MR) is 105 cm³/mol. The van der Waals surface area contributed by atoms with Crippen molar-refractivity contribution in [2.75, 3.05) is 18.4 Å². The smallest absolute Gasteiger partial charge is 0.251 e. The van der Waals surface area contributed by atoms with Gasteiger partial charge < -0.3 is 10.6 Å². The molecule has 3 rings (SSSR count). The molecule has 7 nitrogen and oxygen atoms in total. The first kappa shape index (κ1) is 18.6. The molecule has 0 bridgehead atoms. The Labute approximate surface area is 158 Å². The highest BCUT2D eigenvalue weighted by atomic mass is 16.1. The summed E-state index contributed by atoms with van der Waals surface area (Å²) in [4.78, 5) is 25.1. The molecular weight excluding hydrogens is 340 g/mol. The number of nitrogens with one attached hydrogen (secondary N) is 2. The van der Waals surface area contributed by atoms with Gasteiger partial charge >= 0.3 is 0 Å². The lowest BCUT2D eigenvalue weighted by Crippen LogP contribution is -2.29. The third kappa shape index (κ3) is 4.49. The number of imidazole rings is 1. The van der Waals surface area contributed by atoms with E-state index in [0.29, 0.717) is 24.5 Å². The maximum atomic E-state index is 12.3. The van der Waals surface area contributed by atoms with Gasteiger partial charge in [0.05, 0.1) is 5.69 Å². The average molecular weight is 364 g/mol. The summed E-state index contributed by atoms with van der Waals surface area (Å²) in [6, 6.07) is 7.69. The molecule has 2 N–H and O–H groups in total. The fraction of sp³-hybridized carbons (Fsp3) is 0.300. The fourth-order valence-corrected chi connectivity index (χ4v) is 2.88. The molecule has 0 aliphatic rings. The van der Waals surface area contributed by atoms with Crippen molar-refractivity contribution in [1.82, 2.24) is 24.8 Å². The van der Waals surface area contributed by atoms with Crippen molar-refractivity contribution in [3.05, 3.63) is 65.0 Å². The highest BCUT2D eigenvalue weighted by molar-refractivity contribution is 5.94. The van der Waals surface area contributed by atoms with Gasteiger partial charge in [-0.05, 0) is 39.8 Å². The van der Waals surface area contributed by atoms with E-state index in [1.807, 2.05) is 50.5 Å². The molecule has 0 aliphatic carbocycles. The molecule has 140 valence electrons. The van der Waals surface area contributed by atoms with Crippen LogP contribution < -0.4 is 10.6 Å². The lowest BCUT2D eigenvalue weighted by atomic mass is 10.1. The molecule has 2 aromatic heterocycles. The summed E-state index contributed by atoms with van der Waals surface area (Å²) in [6.45, 7) is 9.00. The number of carbonyl (C=O) groups excluding carboxylic acids is 1. The summed E-state index contributed by atoms with van der Waals surface area (Å²) in [5.41, 5.74) is 4.86. The zero-order valence-corrected chi connectivity index (χ0v) is 16.1. The van der Waals surface area contributed by atoms with E-state index in [4.69, 9.17) is 0 Å². The Kier molecular flexibility index (Phi) is 5.49. The molecule has 0 aliphatic heterocycles. The highest BCUT2D eigenvalue weighted by Gasteiger charge is 2.08. The van der Waals surface area contributed by atoms with Crippen molar-refractivity contribution in [1.29, 1.82) is 0 Å². The molecule has 0 radical (unpaired) electrons.